The van der Waals surface area contributed by atoms with E-state index >= 15 is 0 Å². The highest BCUT2D eigenvalue weighted by Gasteiger charge is 2.45. The smallest absolute Gasteiger partial charge is 0.304 e. The van der Waals surface area contributed by atoms with Crippen molar-refractivity contribution in [3.63, 3.8) is 0 Å². The molecule has 2 aromatic rings. The summed E-state index contributed by atoms with van der Waals surface area (Å²) in [7, 11) is 0. The number of piperidine rings is 1. The lowest BCUT2D eigenvalue weighted by atomic mass is 9.74. The van der Waals surface area contributed by atoms with Crippen LogP contribution in [-0.4, -0.2) is 41.0 Å². The van der Waals surface area contributed by atoms with Crippen LogP contribution in [0, 0.1) is 5.92 Å². The Labute approximate surface area is 199 Å². The molecule has 4 atom stereocenters. The lowest BCUT2D eigenvalue weighted by Gasteiger charge is -2.48. The van der Waals surface area contributed by atoms with Gasteiger partial charge in [0.25, 0.3) is 0 Å². The van der Waals surface area contributed by atoms with Crippen LogP contribution in [0.1, 0.15) is 56.2 Å². The van der Waals surface area contributed by atoms with Gasteiger partial charge in [-0.1, -0.05) is 61.3 Å². The molecule has 0 spiro atoms. The molecule has 3 rings (SSSR count). The number of carboxylic acid groups (broad SMARTS) is 1. The van der Waals surface area contributed by atoms with Crippen LogP contribution in [0.5, 0.6) is 0 Å². The molecular formula is C25H30Cl2N2O3. The van der Waals surface area contributed by atoms with Gasteiger partial charge in [0, 0.05) is 34.5 Å². The van der Waals surface area contributed by atoms with Gasteiger partial charge >= 0.3 is 5.97 Å². The number of nitrogens with one attached hydrogen (secondary N) is 1. The first-order chi connectivity index (χ1) is 15.3. The Balaban J connectivity index is 2.15. The Morgan fingerprint density at radius 3 is 2.44 bits per heavy atom. The summed E-state index contributed by atoms with van der Waals surface area (Å²) in [6.07, 6.45) is 1.02. The predicted octanol–water partition coefficient (Wildman–Crippen LogP) is 5.53. The number of hydrogen-bond acceptors (Lipinski definition) is 3. The number of aliphatic carboxylic acids is 1. The Hall–Kier alpha value is -2.08. The lowest BCUT2D eigenvalue weighted by molar-refractivity contribution is -0.152. The molecule has 0 aliphatic carbocycles. The average molecular weight is 477 g/mol. The van der Waals surface area contributed by atoms with Crippen molar-refractivity contribution in [2.45, 2.75) is 51.1 Å². The summed E-state index contributed by atoms with van der Waals surface area (Å²) in [5.74, 6) is -1.74. The molecule has 1 heterocycles. The van der Waals surface area contributed by atoms with Crippen LogP contribution in [0.2, 0.25) is 10.0 Å². The molecule has 0 radical (unpaired) electrons. The van der Waals surface area contributed by atoms with Gasteiger partial charge in [0.1, 0.15) is 0 Å². The molecule has 1 aliphatic rings. The summed E-state index contributed by atoms with van der Waals surface area (Å²) in [5, 5.41) is 14.1. The number of likely N-dealkylation sites (tertiary alicyclic amines) is 1. The molecule has 0 aromatic heterocycles. The van der Waals surface area contributed by atoms with E-state index < -0.39 is 11.9 Å². The van der Waals surface area contributed by atoms with Crippen molar-refractivity contribution >= 4 is 35.1 Å². The van der Waals surface area contributed by atoms with Gasteiger partial charge in [0.2, 0.25) is 5.91 Å². The van der Waals surface area contributed by atoms with E-state index in [-0.39, 0.29) is 30.3 Å². The Morgan fingerprint density at radius 2 is 1.84 bits per heavy atom. The van der Waals surface area contributed by atoms with Gasteiger partial charge in [-0.2, -0.15) is 0 Å². The van der Waals surface area contributed by atoms with Crippen LogP contribution in [0.4, 0.5) is 0 Å². The Bertz CT molecular complexity index is 935. The highest BCUT2D eigenvalue weighted by molar-refractivity contribution is 6.30. The molecule has 1 amide bonds. The van der Waals surface area contributed by atoms with Gasteiger partial charge in [-0.05, 0) is 54.8 Å². The molecule has 2 N–H and O–H groups in total. The molecule has 1 fully saturated rings. The van der Waals surface area contributed by atoms with Crippen LogP contribution < -0.4 is 5.32 Å². The van der Waals surface area contributed by atoms with Crippen LogP contribution >= 0.6 is 23.2 Å². The van der Waals surface area contributed by atoms with Gasteiger partial charge < -0.3 is 15.3 Å². The first kappa shape index (κ1) is 24.6. The quantitative estimate of drug-likeness (QED) is 0.498. The molecule has 172 valence electrons. The normalized spacial score (nSPS) is 22.1. The van der Waals surface area contributed by atoms with Crippen molar-refractivity contribution in [3.05, 3.63) is 69.7 Å². The summed E-state index contributed by atoms with van der Waals surface area (Å²) >= 11 is 12.5. The number of benzene rings is 2. The molecule has 1 saturated heterocycles. The summed E-state index contributed by atoms with van der Waals surface area (Å²) in [4.78, 5) is 27.2. The number of rotatable bonds is 9. The largest absolute Gasteiger partial charge is 0.481 e. The molecule has 2 aromatic carbocycles. The second-order valence-corrected chi connectivity index (χ2v) is 9.18. The molecule has 1 aliphatic heterocycles. The van der Waals surface area contributed by atoms with E-state index in [0.717, 1.165) is 24.1 Å². The van der Waals surface area contributed by atoms with E-state index in [9.17, 15) is 14.7 Å². The summed E-state index contributed by atoms with van der Waals surface area (Å²) in [5.41, 5.74) is 1.99. The summed E-state index contributed by atoms with van der Waals surface area (Å²) in [6.45, 7) is 5.53. The fraction of sp³-hybridized carbons (Fsp3) is 0.440. The maximum atomic E-state index is 13.7. The van der Waals surface area contributed by atoms with Gasteiger partial charge in [-0.25, -0.2) is 0 Å². The van der Waals surface area contributed by atoms with E-state index in [1.54, 1.807) is 0 Å². The highest BCUT2D eigenvalue weighted by atomic mass is 35.5. The van der Waals surface area contributed by atoms with Crippen molar-refractivity contribution in [1.29, 1.82) is 0 Å². The first-order valence-electron chi connectivity index (χ1n) is 11.1. The molecule has 32 heavy (non-hydrogen) atoms. The minimum atomic E-state index is -0.960. The van der Waals surface area contributed by atoms with Gasteiger partial charge in [0.05, 0.1) is 12.5 Å². The second kappa shape index (κ2) is 11.2. The predicted molar refractivity (Wildman–Crippen MR) is 128 cm³/mol. The summed E-state index contributed by atoms with van der Waals surface area (Å²) < 4.78 is 0. The molecule has 4 unspecified atom stereocenters. The maximum absolute atomic E-state index is 13.7. The second-order valence-electron chi connectivity index (χ2n) is 8.30. The van der Waals surface area contributed by atoms with Crippen molar-refractivity contribution in [2.75, 3.05) is 13.1 Å². The standard InChI is InChI=1S/C25H30Cl2N2O3/c1-3-21(15-28-4-2)29-24(16-8-10-19(26)11-9-16)22(17-6-5-7-20(27)12-17)13-18(25(29)32)14-23(30)31/h5-12,18,21-22,24,28H,3-4,13-15H2,1-2H3,(H,30,31). The number of carbonyl (C=O) groups is 2. The zero-order valence-corrected chi connectivity index (χ0v) is 19.9. The number of halogens is 2. The van der Waals surface area contributed by atoms with E-state index in [0.29, 0.717) is 23.0 Å². The zero-order valence-electron chi connectivity index (χ0n) is 18.4. The SMILES string of the molecule is CCNCC(CC)N1C(=O)C(CC(=O)O)CC(c2cccc(Cl)c2)C1c1ccc(Cl)cc1. The Morgan fingerprint density at radius 1 is 1.12 bits per heavy atom. The molecule has 7 heteroatoms. The molecule has 0 bridgehead atoms. The third kappa shape index (κ3) is 5.64. The van der Waals surface area contributed by atoms with Gasteiger partial charge in [-0.15, -0.1) is 0 Å². The van der Waals surface area contributed by atoms with Gasteiger partial charge in [-0.3, -0.25) is 9.59 Å². The number of amides is 1. The third-order valence-electron chi connectivity index (χ3n) is 6.23. The van der Waals surface area contributed by atoms with E-state index in [1.165, 1.54) is 0 Å². The number of carbonyl (C=O) groups excluding carboxylic acids is 1. The minimum Gasteiger partial charge on any atom is -0.481 e. The molecule has 5 nitrogen and oxygen atoms in total. The van der Waals surface area contributed by atoms with Crippen molar-refractivity contribution in [2.24, 2.45) is 5.92 Å². The highest BCUT2D eigenvalue weighted by Crippen LogP contribution is 2.47. The maximum Gasteiger partial charge on any atom is 0.304 e. The lowest BCUT2D eigenvalue weighted by Crippen LogP contribution is -2.54. The third-order valence-corrected chi connectivity index (χ3v) is 6.71. The number of likely N-dealkylation sites (N-methyl/N-ethyl adjacent to an activating group) is 1. The summed E-state index contributed by atoms with van der Waals surface area (Å²) in [6, 6.07) is 14.9. The first-order valence-corrected chi connectivity index (χ1v) is 11.9. The topological polar surface area (TPSA) is 69.6 Å². The number of carboxylic acids is 1. The minimum absolute atomic E-state index is 0.0681. The number of nitrogens with zero attached hydrogens (tertiary/aromatic N) is 1. The monoisotopic (exact) mass is 476 g/mol. The fourth-order valence-corrected chi connectivity index (χ4v) is 5.05. The Kier molecular flexibility index (Phi) is 8.57. The van der Waals surface area contributed by atoms with E-state index in [2.05, 4.69) is 12.2 Å². The zero-order chi connectivity index (χ0) is 23.3. The van der Waals surface area contributed by atoms with E-state index in [1.807, 2.05) is 60.4 Å². The van der Waals surface area contributed by atoms with E-state index in [4.69, 9.17) is 23.2 Å². The van der Waals surface area contributed by atoms with Crippen LogP contribution in [0.15, 0.2) is 48.5 Å². The number of hydrogen-bond donors (Lipinski definition) is 2. The van der Waals surface area contributed by atoms with Crippen LogP contribution in [-0.2, 0) is 9.59 Å². The van der Waals surface area contributed by atoms with Crippen LogP contribution in [0.3, 0.4) is 0 Å². The van der Waals surface area contributed by atoms with Crippen molar-refractivity contribution in [3.8, 4) is 0 Å². The van der Waals surface area contributed by atoms with Crippen molar-refractivity contribution in [1.82, 2.24) is 10.2 Å². The van der Waals surface area contributed by atoms with Crippen LogP contribution in [0.25, 0.3) is 0 Å². The molecular weight excluding hydrogens is 447 g/mol. The fourth-order valence-electron chi connectivity index (χ4n) is 4.73. The van der Waals surface area contributed by atoms with Crippen molar-refractivity contribution < 1.29 is 14.7 Å². The molecule has 0 saturated carbocycles. The average Bonchev–Trinajstić information content (AvgIpc) is 2.76. The van der Waals surface area contributed by atoms with Gasteiger partial charge in [0.15, 0.2) is 0 Å².